The molecule has 0 radical (unpaired) electrons. The van der Waals surface area contributed by atoms with Crippen LogP contribution in [-0.2, 0) is 17.5 Å². The first kappa shape index (κ1) is 16.3. The van der Waals surface area contributed by atoms with Crippen LogP contribution >= 0.6 is 0 Å². The van der Waals surface area contributed by atoms with Gasteiger partial charge in [-0.2, -0.15) is 13.2 Å². The third-order valence-corrected chi connectivity index (χ3v) is 5.45. The Morgan fingerprint density at radius 1 is 1.17 bits per heavy atom. The van der Waals surface area contributed by atoms with E-state index in [4.69, 9.17) is 0 Å². The van der Waals surface area contributed by atoms with Crippen molar-refractivity contribution >= 4 is 5.91 Å². The van der Waals surface area contributed by atoms with E-state index >= 15 is 0 Å². The van der Waals surface area contributed by atoms with Gasteiger partial charge in [0.15, 0.2) is 0 Å². The number of carbonyl (C=O) groups is 1. The number of hydrogen-bond acceptors (Lipinski definition) is 1. The van der Waals surface area contributed by atoms with Gasteiger partial charge in [-0.25, -0.2) is 0 Å². The summed E-state index contributed by atoms with van der Waals surface area (Å²) in [5.41, 5.74) is 0.0685. The van der Waals surface area contributed by atoms with E-state index in [0.29, 0.717) is 24.8 Å². The van der Waals surface area contributed by atoms with Crippen molar-refractivity contribution in [1.82, 2.24) is 4.90 Å². The molecule has 0 aliphatic heterocycles. The van der Waals surface area contributed by atoms with E-state index in [2.05, 4.69) is 0 Å². The Labute approximate surface area is 134 Å². The van der Waals surface area contributed by atoms with Gasteiger partial charge in [-0.05, 0) is 54.7 Å². The molecule has 0 spiro atoms. The van der Waals surface area contributed by atoms with Gasteiger partial charge in [0.25, 0.3) is 0 Å². The largest absolute Gasteiger partial charge is 0.416 e. The number of hydrogen-bond donors (Lipinski definition) is 0. The van der Waals surface area contributed by atoms with E-state index in [1.165, 1.54) is 37.8 Å². The predicted molar refractivity (Wildman–Crippen MR) is 81.5 cm³/mol. The molecule has 0 N–H and O–H groups in total. The number of amides is 1. The maximum atomic E-state index is 12.5. The van der Waals surface area contributed by atoms with E-state index in [0.717, 1.165) is 23.6 Å². The Morgan fingerprint density at radius 3 is 2.39 bits per heavy atom. The highest BCUT2D eigenvalue weighted by Crippen LogP contribution is 2.49. The normalized spacial score (nSPS) is 26.5. The third kappa shape index (κ3) is 3.70. The molecule has 23 heavy (non-hydrogen) atoms. The molecular weight excluding hydrogens is 303 g/mol. The summed E-state index contributed by atoms with van der Waals surface area (Å²) in [6.45, 7) is 0.359. The van der Waals surface area contributed by atoms with Crippen molar-refractivity contribution in [1.29, 1.82) is 0 Å². The molecule has 1 aromatic rings. The molecule has 3 unspecified atom stereocenters. The van der Waals surface area contributed by atoms with Gasteiger partial charge in [-0.3, -0.25) is 4.79 Å². The average Bonchev–Trinajstić information content (AvgIpc) is 3.09. The lowest BCUT2D eigenvalue weighted by atomic mass is 9.86. The van der Waals surface area contributed by atoms with Gasteiger partial charge in [-0.1, -0.05) is 18.6 Å². The number of alkyl halides is 3. The molecule has 3 rings (SSSR count). The molecule has 2 fully saturated rings. The number of benzene rings is 1. The zero-order valence-electron chi connectivity index (χ0n) is 13.3. The van der Waals surface area contributed by atoms with Crippen LogP contribution in [0.2, 0.25) is 0 Å². The molecule has 3 atom stereocenters. The van der Waals surface area contributed by atoms with Gasteiger partial charge < -0.3 is 4.90 Å². The molecule has 0 heterocycles. The van der Waals surface area contributed by atoms with Crippen LogP contribution in [0.5, 0.6) is 0 Å². The summed E-state index contributed by atoms with van der Waals surface area (Å²) in [5, 5.41) is 0. The van der Waals surface area contributed by atoms with Gasteiger partial charge in [0.1, 0.15) is 0 Å². The van der Waals surface area contributed by atoms with Crippen LogP contribution in [-0.4, -0.2) is 17.9 Å². The molecule has 0 aromatic heterocycles. The fourth-order valence-electron chi connectivity index (χ4n) is 4.17. The fraction of sp³-hybridized carbons (Fsp3) is 0.611. The monoisotopic (exact) mass is 325 g/mol. The number of nitrogens with zero attached hydrogens (tertiary/aromatic N) is 1. The molecule has 2 aliphatic carbocycles. The van der Waals surface area contributed by atoms with Crippen LogP contribution in [0.4, 0.5) is 13.2 Å². The minimum Gasteiger partial charge on any atom is -0.341 e. The Hall–Kier alpha value is -1.52. The SMILES string of the molecule is CN(Cc1ccc(C(F)(F)F)cc1)C(=O)CC1CC2CCC1C2. The van der Waals surface area contributed by atoms with Crippen LogP contribution in [0.1, 0.15) is 43.2 Å². The number of halogens is 3. The van der Waals surface area contributed by atoms with Crippen LogP contribution in [0.25, 0.3) is 0 Å². The zero-order valence-corrected chi connectivity index (χ0v) is 13.3. The van der Waals surface area contributed by atoms with Gasteiger partial charge in [-0.15, -0.1) is 0 Å². The summed E-state index contributed by atoms with van der Waals surface area (Å²) in [6, 6.07) is 5.04. The molecule has 5 heteroatoms. The summed E-state index contributed by atoms with van der Waals surface area (Å²) in [5.74, 6) is 2.14. The van der Waals surface area contributed by atoms with Crippen molar-refractivity contribution in [3.05, 3.63) is 35.4 Å². The van der Waals surface area contributed by atoms with Crippen molar-refractivity contribution in [3.8, 4) is 0 Å². The Morgan fingerprint density at radius 2 is 1.87 bits per heavy atom. The highest BCUT2D eigenvalue weighted by atomic mass is 19.4. The van der Waals surface area contributed by atoms with E-state index < -0.39 is 11.7 Å². The van der Waals surface area contributed by atoms with Crippen LogP contribution in [0, 0.1) is 17.8 Å². The lowest BCUT2D eigenvalue weighted by molar-refractivity contribution is -0.137. The van der Waals surface area contributed by atoms with Crippen molar-refractivity contribution in [2.75, 3.05) is 7.05 Å². The van der Waals surface area contributed by atoms with Gasteiger partial charge in [0, 0.05) is 20.0 Å². The second-order valence-corrected chi connectivity index (χ2v) is 7.08. The standard InChI is InChI=1S/C18H22F3NO/c1-22(11-12-3-6-16(7-4-12)18(19,20)21)17(23)10-15-9-13-2-5-14(15)8-13/h3-4,6-7,13-15H,2,5,8-11H2,1H3. The Kier molecular flexibility index (Phi) is 4.39. The Balaban J connectivity index is 1.54. The van der Waals surface area contributed by atoms with Gasteiger partial charge >= 0.3 is 6.18 Å². The van der Waals surface area contributed by atoms with E-state index in [1.54, 1.807) is 11.9 Å². The maximum Gasteiger partial charge on any atom is 0.416 e. The lowest BCUT2D eigenvalue weighted by Gasteiger charge is -2.24. The Bertz CT molecular complexity index is 567. The number of carbonyl (C=O) groups excluding carboxylic acids is 1. The fourth-order valence-corrected chi connectivity index (χ4v) is 4.17. The molecule has 1 amide bonds. The van der Waals surface area contributed by atoms with E-state index in [-0.39, 0.29) is 5.91 Å². The summed E-state index contributed by atoms with van der Waals surface area (Å²) >= 11 is 0. The first-order valence-corrected chi connectivity index (χ1v) is 8.23. The summed E-state index contributed by atoms with van der Waals surface area (Å²) in [7, 11) is 1.73. The topological polar surface area (TPSA) is 20.3 Å². The van der Waals surface area contributed by atoms with Gasteiger partial charge in [0.05, 0.1) is 5.56 Å². The van der Waals surface area contributed by atoms with Crippen LogP contribution in [0.15, 0.2) is 24.3 Å². The number of fused-ring (bicyclic) bond motifs is 2. The highest BCUT2D eigenvalue weighted by molar-refractivity contribution is 5.76. The lowest BCUT2D eigenvalue weighted by Crippen LogP contribution is -2.29. The molecule has 1 aromatic carbocycles. The molecule has 2 saturated carbocycles. The van der Waals surface area contributed by atoms with Gasteiger partial charge in [0.2, 0.25) is 5.91 Å². The first-order valence-electron chi connectivity index (χ1n) is 8.23. The van der Waals surface area contributed by atoms with Crippen LogP contribution in [0.3, 0.4) is 0 Å². The first-order chi connectivity index (χ1) is 10.8. The third-order valence-electron chi connectivity index (χ3n) is 5.45. The second-order valence-electron chi connectivity index (χ2n) is 7.08. The second kappa shape index (κ2) is 6.17. The minimum atomic E-state index is -4.32. The molecule has 126 valence electrons. The predicted octanol–water partition coefficient (Wildman–Crippen LogP) is 4.49. The summed E-state index contributed by atoms with van der Waals surface area (Å²) < 4.78 is 37.6. The summed E-state index contributed by atoms with van der Waals surface area (Å²) in [6.07, 6.45) is 1.29. The average molecular weight is 325 g/mol. The minimum absolute atomic E-state index is 0.0995. The molecule has 0 saturated heterocycles. The van der Waals surface area contributed by atoms with Crippen LogP contribution < -0.4 is 0 Å². The van der Waals surface area contributed by atoms with Crippen molar-refractivity contribution in [3.63, 3.8) is 0 Å². The van der Waals surface area contributed by atoms with E-state index in [1.807, 2.05) is 0 Å². The molecule has 2 nitrogen and oxygen atoms in total. The molecule has 2 aliphatic rings. The molecular formula is C18H22F3NO. The highest BCUT2D eigenvalue weighted by Gasteiger charge is 2.40. The quantitative estimate of drug-likeness (QED) is 0.799. The summed E-state index contributed by atoms with van der Waals surface area (Å²) in [4.78, 5) is 14.0. The van der Waals surface area contributed by atoms with Crippen molar-refractivity contribution < 1.29 is 18.0 Å². The smallest absolute Gasteiger partial charge is 0.341 e. The molecule has 2 bridgehead atoms. The maximum absolute atomic E-state index is 12.5. The number of rotatable bonds is 4. The van der Waals surface area contributed by atoms with E-state index in [9.17, 15) is 18.0 Å². The van der Waals surface area contributed by atoms with Crippen molar-refractivity contribution in [2.24, 2.45) is 17.8 Å². The van der Waals surface area contributed by atoms with Crippen molar-refractivity contribution in [2.45, 2.75) is 44.8 Å². The zero-order chi connectivity index (χ0) is 16.6.